The second-order valence-corrected chi connectivity index (χ2v) is 21.0. The molecule has 1 aliphatic heterocycles. The molecule has 1 aromatic rings. The smallest absolute Gasteiger partial charge is 0.217 e. The first kappa shape index (κ1) is 24.1. The van der Waals surface area contributed by atoms with E-state index in [4.69, 9.17) is 4.43 Å². The van der Waals surface area contributed by atoms with Gasteiger partial charge in [-0.1, -0.05) is 66.2 Å². The predicted octanol–water partition coefficient (Wildman–Crippen LogP) is 7.08. The van der Waals surface area contributed by atoms with Crippen LogP contribution in [0.3, 0.4) is 0 Å². The molecule has 1 saturated heterocycles. The van der Waals surface area contributed by atoms with Crippen molar-refractivity contribution in [3.8, 4) is 0 Å². The molecule has 5 rings (SSSR count). The zero-order chi connectivity index (χ0) is 24.2. The van der Waals surface area contributed by atoms with Crippen LogP contribution in [0.25, 0.3) is 0 Å². The largest absolute Gasteiger partial charge is 0.409 e. The lowest BCUT2D eigenvalue weighted by atomic mass is 9.43. The first-order valence-electron chi connectivity index (χ1n) is 13.2. The highest BCUT2D eigenvalue weighted by Gasteiger charge is 2.80. The zero-order valence-corrected chi connectivity index (χ0v) is 23.8. The number of sulfone groups is 1. The molecular weight excluding hydrogens is 444 g/mol. The van der Waals surface area contributed by atoms with Crippen LogP contribution >= 0.6 is 0 Å². The minimum atomic E-state index is -3.50. The molecule has 0 bridgehead atoms. The Morgan fingerprint density at radius 1 is 0.939 bits per heavy atom. The van der Waals surface area contributed by atoms with Gasteiger partial charge in [0.05, 0.1) is 15.4 Å². The molecule has 3 aliphatic carbocycles. The Morgan fingerprint density at radius 2 is 1.55 bits per heavy atom. The number of hydrogen-bond donors (Lipinski definition) is 0. The monoisotopic (exact) mass is 488 g/mol. The average molecular weight is 489 g/mol. The summed E-state index contributed by atoms with van der Waals surface area (Å²) in [5.41, 5.74) is 1.87. The van der Waals surface area contributed by atoms with Crippen molar-refractivity contribution >= 4 is 18.2 Å². The van der Waals surface area contributed by atoms with Crippen LogP contribution in [-0.2, 0) is 14.3 Å². The molecule has 4 aliphatic rings. The minimum Gasteiger partial charge on any atom is -0.409 e. The Hall–Kier alpha value is -0.653. The maximum Gasteiger partial charge on any atom is 0.217 e. The van der Waals surface area contributed by atoms with Crippen molar-refractivity contribution in [2.45, 2.75) is 114 Å². The quantitative estimate of drug-likeness (QED) is 0.425. The lowest BCUT2D eigenvalue weighted by Gasteiger charge is -2.66. The summed E-state index contributed by atoms with van der Waals surface area (Å²) in [7, 11) is -6.16. The molecule has 0 N–H and O–H groups in total. The zero-order valence-electron chi connectivity index (χ0n) is 21.9. The van der Waals surface area contributed by atoms with Crippen molar-refractivity contribution in [2.24, 2.45) is 28.6 Å². The van der Waals surface area contributed by atoms with E-state index in [1.54, 1.807) is 0 Å². The fraction of sp³-hybridized carbons (Fsp3) is 0.786. The van der Waals surface area contributed by atoms with E-state index in [-0.39, 0.29) is 32.9 Å². The van der Waals surface area contributed by atoms with Gasteiger partial charge in [-0.15, -0.1) is 0 Å². The lowest BCUT2D eigenvalue weighted by molar-refractivity contribution is -0.221. The molecule has 1 aromatic carbocycles. The molecule has 2 unspecified atom stereocenters. The lowest BCUT2D eigenvalue weighted by Crippen LogP contribution is -2.67. The summed E-state index contributed by atoms with van der Waals surface area (Å²) in [6.07, 6.45) is 5.77. The van der Waals surface area contributed by atoms with Crippen LogP contribution in [0.2, 0.25) is 11.1 Å². The number of fused-ring (bicyclic) bond motifs is 2. The molecule has 0 aromatic heterocycles. The summed E-state index contributed by atoms with van der Waals surface area (Å²) >= 11 is 0. The van der Waals surface area contributed by atoms with Gasteiger partial charge in [-0.25, -0.2) is 8.42 Å². The van der Waals surface area contributed by atoms with Gasteiger partial charge in [0.25, 0.3) is 0 Å². The topological polar surface area (TPSA) is 43.4 Å². The van der Waals surface area contributed by atoms with Crippen LogP contribution in [-0.4, -0.2) is 27.2 Å². The van der Waals surface area contributed by atoms with Crippen molar-refractivity contribution < 1.29 is 12.8 Å². The van der Waals surface area contributed by atoms with Crippen LogP contribution in [0.1, 0.15) is 86.1 Å². The molecule has 0 amide bonds. The van der Waals surface area contributed by atoms with Gasteiger partial charge in [-0.3, -0.25) is 0 Å². The Labute approximate surface area is 203 Å². The van der Waals surface area contributed by atoms with Gasteiger partial charge >= 0.3 is 0 Å². The summed E-state index contributed by atoms with van der Waals surface area (Å²) in [4.78, 5) is 0.156. The summed E-state index contributed by atoms with van der Waals surface area (Å²) in [5, 5.41) is 0. The predicted molar refractivity (Wildman–Crippen MR) is 137 cm³/mol. The third-order valence-electron chi connectivity index (χ3n) is 10.8. The van der Waals surface area contributed by atoms with Crippen LogP contribution in [0.15, 0.2) is 29.2 Å². The van der Waals surface area contributed by atoms with Crippen molar-refractivity contribution in [2.75, 3.05) is 0 Å². The first-order chi connectivity index (χ1) is 15.2. The van der Waals surface area contributed by atoms with Crippen molar-refractivity contribution in [1.82, 2.24) is 0 Å². The third-order valence-corrected chi connectivity index (χ3v) is 20.4. The minimum absolute atomic E-state index is 0.119. The van der Waals surface area contributed by atoms with Crippen LogP contribution in [0, 0.1) is 35.5 Å². The van der Waals surface area contributed by atoms with Crippen LogP contribution in [0.4, 0.5) is 0 Å². The molecule has 33 heavy (non-hydrogen) atoms. The van der Waals surface area contributed by atoms with Gasteiger partial charge in [-0.05, 0) is 84.9 Å². The number of hydrogen-bond acceptors (Lipinski definition) is 3. The number of aryl methyl sites for hydroxylation is 1. The second-order valence-electron chi connectivity index (χ2n) is 13.6. The van der Waals surface area contributed by atoms with Gasteiger partial charge in [-0.2, -0.15) is 0 Å². The highest BCUT2D eigenvalue weighted by atomic mass is 32.2. The fourth-order valence-electron chi connectivity index (χ4n) is 9.27. The van der Waals surface area contributed by atoms with E-state index >= 15 is 0 Å². The van der Waals surface area contributed by atoms with Gasteiger partial charge < -0.3 is 4.43 Å². The molecule has 3 saturated carbocycles. The maximum atomic E-state index is 14.6. The van der Waals surface area contributed by atoms with Crippen molar-refractivity contribution in [1.29, 1.82) is 0 Å². The summed E-state index contributed by atoms with van der Waals surface area (Å²) in [6.45, 7) is 18.3. The first-order valence-corrected chi connectivity index (χ1v) is 16.9. The van der Waals surface area contributed by atoms with E-state index in [0.29, 0.717) is 22.1 Å². The van der Waals surface area contributed by atoms with Gasteiger partial charge in [0.15, 0.2) is 9.84 Å². The third kappa shape index (κ3) is 2.97. The van der Waals surface area contributed by atoms with Crippen molar-refractivity contribution in [3.63, 3.8) is 0 Å². The molecule has 184 valence electrons. The highest BCUT2D eigenvalue weighted by molar-refractivity contribution is 7.94. The number of benzene rings is 1. The molecular formula is C28H44O3SSi. The molecule has 5 heteroatoms. The normalized spacial score (nSPS) is 40.9. The maximum absolute atomic E-state index is 14.6. The molecule has 3 nitrogen and oxygen atoms in total. The molecule has 6 atom stereocenters. The van der Waals surface area contributed by atoms with Gasteiger partial charge in [0.1, 0.15) is 0 Å². The standard InChI is InChI=1S/C28H44O3SSi/c1-18(2)33(19(3)4)25(32(29,30)22-11-9-20(5)10-12-22)23-15-21-16-26(6,7)17-24(21)27(8)13-14-28(23,27)31-33/h9-12,18-19,21,23-25H,13-17H2,1-8H3/t21-,23?,24+,25?,27-,28+/m0/s1. The van der Waals surface area contributed by atoms with Crippen LogP contribution in [0.5, 0.6) is 0 Å². The van der Waals surface area contributed by atoms with Gasteiger partial charge in [0, 0.05) is 5.92 Å². The van der Waals surface area contributed by atoms with E-state index in [1.165, 1.54) is 19.3 Å². The Kier molecular flexibility index (Phi) is 5.24. The average Bonchev–Trinajstić information content (AvgIpc) is 3.21. The van der Waals surface area contributed by atoms with Gasteiger partial charge in [0.2, 0.25) is 8.32 Å². The molecule has 0 radical (unpaired) electrons. The van der Waals surface area contributed by atoms with Crippen molar-refractivity contribution in [3.05, 3.63) is 29.8 Å². The Balaban J connectivity index is 1.70. The van der Waals surface area contributed by atoms with E-state index in [1.807, 2.05) is 31.2 Å². The SMILES string of the molecule is Cc1ccc(S(=O)(=O)C2C3C[C@H]4CC(C)(C)C[C@H]4[C@]4(C)CC[C@@]34O[Si]2(C(C)C)C(C)C)cc1. The fourth-order valence-corrected chi connectivity index (χ4v) is 20.4. The van der Waals surface area contributed by atoms with E-state index in [2.05, 4.69) is 48.5 Å². The Bertz CT molecular complexity index is 1040. The summed E-state index contributed by atoms with van der Waals surface area (Å²) in [6, 6.07) is 7.60. The summed E-state index contributed by atoms with van der Waals surface area (Å²) in [5.74, 6) is 1.44. The highest BCUT2D eigenvalue weighted by Crippen LogP contribution is 2.76. The van der Waals surface area contributed by atoms with Crippen LogP contribution < -0.4 is 0 Å². The summed E-state index contributed by atoms with van der Waals surface area (Å²) < 4.78 is 36.7. The molecule has 1 heterocycles. The second kappa shape index (κ2) is 7.19. The molecule has 4 fully saturated rings. The molecule has 1 spiro atoms. The van der Waals surface area contributed by atoms with E-state index < -0.39 is 18.2 Å². The Morgan fingerprint density at radius 3 is 2.06 bits per heavy atom. The van der Waals surface area contributed by atoms with E-state index in [0.717, 1.165) is 18.4 Å². The van der Waals surface area contributed by atoms with E-state index in [9.17, 15) is 8.42 Å². The number of rotatable bonds is 4.